The van der Waals surface area contributed by atoms with E-state index in [4.69, 9.17) is 5.73 Å². The molecule has 1 aromatic rings. The van der Waals surface area contributed by atoms with E-state index in [1.54, 1.807) is 0 Å². The number of nitrogens with two attached hydrogens (primary N) is 1. The molecule has 0 saturated carbocycles. The van der Waals surface area contributed by atoms with Crippen LogP contribution in [0.5, 0.6) is 0 Å². The first-order valence-corrected chi connectivity index (χ1v) is 9.43. The Labute approximate surface area is 157 Å². The SMILES string of the molecule is CC(C)CC(C(N)=O)n1cc(CCN2CCCCC2)c(C(F)(F)F)cc1=O. The molecule has 0 aliphatic carbocycles. The second kappa shape index (κ2) is 8.91. The standard InChI is InChI=1S/C19H28F3N3O2/c1-13(2)10-16(18(23)27)25-12-14(6-9-24-7-4-3-5-8-24)15(11-17(25)26)19(20,21)22/h11-13,16H,3-10H2,1-2H3,(H2,23,27). The predicted octanol–water partition coefficient (Wildman–Crippen LogP) is 2.97. The summed E-state index contributed by atoms with van der Waals surface area (Å²) in [5.74, 6) is -0.652. The highest BCUT2D eigenvalue weighted by atomic mass is 19.4. The van der Waals surface area contributed by atoms with E-state index in [1.165, 1.54) is 6.20 Å². The van der Waals surface area contributed by atoms with Crippen molar-refractivity contribution < 1.29 is 18.0 Å². The number of alkyl halides is 3. The van der Waals surface area contributed by atoms with E-state index in [1.807, 2.05) is 13.8 Å². The van der Waals surface area contributed by atoms with Gasteiger partial charge in [0.15, 0.2) is 0 Å². The van der Waals surface area contributed by atoms with Crippen LogP contribution in [0.1, 0.15) is 56.7 Å². The number of primary amides is 1. The molecular weight excluding hydrogens is 359 g/mol. The molecule has 1 atom stereocenters. The molecule has 1 aliphatic heterocycles. The average molecular weight is 387 g/mol. The highest BCUT2D eigenvalue weighted by Gasteiger charge is 2.35. The van der Waals surface area contributed by atoms with Crippen molar-refractivity contribution >= 4 is 5.91 Å². The first-order valence-electron chi connectivity index (χ1n) is 9.43. The van der Waals surface area contributed by atoms with Crippen molar-refractivity contribution in [3.05, 3.63) is 33.7 Å². The predicted molar refractivity (Wildman–Crippen MR) is 97.4 cm³/mol. The molecule has 1 amide bonds. The molecule has 0 bridgehead atoms. The van der Waals surface area contributed by atoms with Crippen molar-refractivity contribution in [1.82, 2.24) is 9.47 Å². The van der Waals surface area contributed by atoms with E-state index in [-0.39, 0.29) is 17.9 Å². The molecule has 2 rings (SSSR count). The summed E-state index contributed by atoms with van der Waals surface area (Å²) in [5.41, 5.74) is 3.68. The Morgan fingerprint density at radius 3 is 2.37 bits per heavy atom. The van der Waals surface area contributed by atoms with Crippen LogP contribution in [-0.4, -0.2) is 35.0 Å². The van der Waals surface area contributed by atoms with Crippen molar-refractivity contribution in [3.63, 3.8) is 0 Å². The van der Waals surface area contributed by atoms with Gasteiger partial charge in [-0.1, -0.05) is 20.3 Å². The van der Waals surface area contributed by atoms with E-state index in [9.17, 15) is 22.8 Å². The third kappa shape index (κ3) is 5.82. The van der Waals surface area contributed by atoms with Crippen molar-refractivity contribution in [1.29, 1.82) is 0 Å². The summed E-state index contributed by atoms with van der Waals surface area (Å²) in [6.07, 6.45) is 0.273. The maximum absolute atomic E-state index is 13.4. The molecule has 5 nitrogen and oxygen atoms in total. The van der Waals surface area contributed by atoms with Gasteiger partial charge in [0.2, 0.25) is 5.91 Å². The number of rotatable bonds is 7. The Hall–Kier alpha value is -1.83. The van der Waals surface area contributed by atoms with Gasteiger partial charge in [0.05, 0.1) is 5.56 Å². The third-order valence-corrected chi connectivity index (χ3v) is 4.97. The number of nitrogens with zero attached hydrogens (tertiary/aromatic N) is 2. The fourth-order valence-electron chi connectivity index (χ4n) is 3.57. The maximum Gasteiger partial charge on any atom is 0.416 e. The Morgan fingerprint density at radius 1 is 1.22 bits per heavy atom. The van der Waals surface area contributed by atoms with Gasteiger partial charge in [-0.2, -0.15) is 13.2 Å². The summed E-state index contributed by atoms with van der Waals surface area (Å²) >= 11 is 0. The molecule has 8 heteroatoms. The Morgan fingerprint density at radius 2 is 1.85 bits per heavy atom. The highest BCUT2D eigenvalue weighted by Crippen LogP contribution is 2.32. The van der Waals surface area contributed by atoms with Gasteiger partial charge in [0, 0.05) is 18.8 Å². The van der Waals surface area contributed by atoms with Crippen LogP contribution in [0.25, 0.3) is 0 Å². The number of piperidine rings is 1. The van der Waals surface area contributed by atoms with Crippen LogP contribution in [0.3, 0.4) is 0 Å². The number of hydrogen-bond donors (Lipinski definition) is 1. The molecule has 0 spiro atoms. The number of amides is 1. The van der Waals surface area contributed by atoms with Crippen LogP contribution >= 0.6 is 0 Å². The number of pyridine rings is 1. The normalized spacial score (nSPS) is 17.3. The number of carbonyl (C=O) groups excluding carboxylic acids is 1. The largest absolute Gasteiger partial charge is 0.416 e. The molecule has 1 unspecified atom stereocenters. The van der Waals surface area contributed by atoms with Gasteiger partial charge in [0.1, 0.15) is 6.04 Å². The first-order chi connectivity index (χ1) is 12.6. The van der Waals surface area contributed by atoms with Gasteiger partial charge in [-0.25, -0.2) is 0 Å². The third-order valence-electron chi connectivity index (χ3n) is 4.97. The highest BCUT2D eigenvalue weighted by molar-refractivity contribution is 5.78. The van der Waals surface area contributed by atoms with Crippen LogP contribution in [-0.2, 0) is 17.4 Å². The number of likely N-dealkylation sites (tertiary alicyclic amines) is 1. The molecule has 1 saturated heterocycles. The molecule has 0 radical (unpaired) electrons. The number of halogens is 3. The quantitative estimate of drug-likeness (QED) is 0.782. The molecule has 27 heavy (non-hydrogen) atoms. The molecule has 1 aliphatic rings. The van der Waals surface area contributed by atoms with E-state index < -0.39 is 29.2 Å². The van der Waals surface area contributed by atoms with E-state index in [2.05, 4.69) is 4.90 Å². The van der Waals surface area contributed by atoms with Gasteiger partial charge in [-0.05, 0) is 50.3 Å². The number of carbonyl (C=O) groups is 1. The summed E-state index contributed by atoms with van der Waals surface area (Å²) in [6, 6.07) is -0.351. The van der Waals surface area contributed by atoms with Crippen LogP contribution < -0.4 is 11.3 Å². The first kappa shape index (κ1) is 21.5. The second-order valence-corrected chi connectivity index (χ2v) is 7.66. The van der Waals surface area contributed by atoms with Crippen LogP contribution in [0, 0.1) is 5.92 Å². The second-order valence-electron chi connectivity index (χ2n) is 7.66. The summed E-state index contributed by atoms with van der Waals surface area (Å²) in [6.45, 7) is 5.97. The van der Waals surface area contributed by atoms with Gasteiger partial charge < -0.3 is 15.2 Å². The Balaban J connectivity index is 2.38. The molecule has 1 fully saturated rings. The molecule has 2 heterocycles. The van der Waals surface area contributed by atoms with Gasteiger partial charge in [-0.3, -0.25) is 9.59 Å². The Kier molecular flexibility index (Phi) is 7.08. The van der Waals surface area contributed by atoms with E-state index >= 15 is 0 Å². The van der Waals surface area contributed by atoms with Crippen molar-refractivity contribution in [2.45, 2.75) is 58.2 Å². The average Bonchev–Trinajstić information content (AvgIpc) is 2.58. The van der Waals surface area contributed by atoms with Gasteiger partial charge in [0.25, 0.3) is 5.56 Å². The summed E-state index contributed by atoms with van der Waals surface area (Å²) in [5, 5.41) is 0. The van der Waals surface area contributed by atoms with Gasteiger partial charge >= 0.3 is 6.18 Å². The Bertz CT molecular complexity index is 707. The molecular formula is C19H28F3N3O2. The minimum absolute atomic E-state index is 0.0303. The smallest absolute Gasteiger partial charge is 0.368 e. The fourth-order valence-corrected chi connectivity index (χ4v) is 3.57. The summed E-state index contributed by atoms with van der Waals surface area (Å²) in [7, 11) is 0. The monoisotopic (exact) mass is 387 g/mol. The minimum atomic E-state index is -4.62. The topological polar surface area (TPSA) is 68.3 Å². The zero-order valence-electron chi connectivity index (χ0n) is 15.9. The van der Waals surface area contributed by atoms with Crippen molar-refractivity contribution in [3.8, 4) is 0 Å². The maximum atomic E-state index is 13.4. The molecule has 0 aromatic carbocycles. The van der Waals surface area contributed by atoms with Crippen LogP contribution in [0.15, 0.2) is 17.1 Å². The van der Waals surface area contributed by atoms with Crippen LogP contribution in [0.4, 0.5) is 13.2 Å². The summed E-state index contributed by atoms with van der Waals surface area (Å²) < 4.78 is 41.4. The number of hydrogen-bond acceptors (Lipinski definition) is 3. The zero-order chi connectivity index (χ0) is 20.2. The summed E-state index contributed by atoms with van der Waals surface area (Å²) in [4.78, 5) is 26.3. The lowest BCUT2D eigenvalue weighted by Crippen LogP contribution is -2.36. The van der Waals surface area contributed by atoms with Crippen molar-refractivity contribution in [2.75, 3.05) is 19.6 Å². The lowest BCUT2D eigenvalue weighted by Gasteiger charge is -2.27. The zero-order valence-corrected chi connectivity index (χ0v) is 15.9. The minimum Gasteiger partial charge on any atom is -0.368 e. The van der Waals surface area contributed by atoms with Crippen molar-refractivity contribution in [2.24, 2.45) is 11.7 Å². The van der Waals surface area contributed by atoms with E-state index in [0.717, 1.165) is 36.9 Å². The van der Waals surface area contributed by atoms with E-state index in [0.29, 0.717) is 19.0 Å². The fraction of sp³-hybridized carbons (Fsp3) is 0.684. The van der Waals surface area contributed by atoms with Crippen LogP contribution in [0.2, 0.25) is 0 Å². The number of aromatic nitrogens is 1. The lowest BCUT2D eigenvalue weighted by molar-refractivity contribution is -0.138. The molecule has 1 aromatic heterocycles. The van der Waals surface area contributed by atoms with Gasteiger partial charge in [-0.15, -0.1) is 0 Å². The lowest BCUT2D eigenvalue weighted by atomic mass is 10.0. The molecule has 2 N–H and O–H groups in total. The molecule has 152 valence electrons.